The summed E-state index contributed by atoms with van der Waals surface area (Å²) in [5, 5.41) is 15.3. The van der Waals surface area contributed by atoms with E-state index in [4.69, 9.17) is 9.47 Å². The number of hydrogen-bond acceptors (Lipinski definition) is 6. The molecule has 0 amide bonds. The Balaban J connectivity index is 1.50. The van der Waals surface area contributed by atoms with E-state index in [0.29, 0.717) is 6.54 Å². The number of rotatable bonds is 5. The van der Waals surface area contributed by atoms with Gasteiger partial charge in [-0.05, 0) is 49.2 Å². The quantitative estimate of drug-likeness (QED) is 0.425. The highest BCUT2D eigenvalue weighted by atomic mass is 16.6. The maximum Gasteiger partial charge on any atom is 0.269 e. The van der Waals surface area contributed by atoms with Gasteiger partial charge in [-0.3, -0.25) is 15.4 Å². The summed E-state index contributed by atoms with van der Waals surface area (Å²) in [6.07, 6.45) is 0.648. The van der Waals surface area contributed by atoms with Crippen LogP contribution >= 0.6 is 0 Å². The Labute approximate surface area is 198 Å². The van der Waals surface area contributed by atoms with Gasteiger partial charge < -0.3 is 14.4 Å². The number of nitrogens with zero attached hydrogens (tertiary/aromatic N) is 2. The first-order chi connectivity index (χ1) is 16.4. The average Bonchev–Trinajstić information content (AvgIpc) is 3.21. The fourth-order valence-electron chi connectivity index (χ4n) is 6.14. The number of ether oxygens (including phenoxy) is 2. The third-order valence-corrected chi connectivity index (χ3v) is 7.90. The summed E-state index contributed by atoms with van der Waals surface area (Å²) < 4.78 is 12.4. The monoisotopic (exact) mass is 457 g/mol. The van der Waals surface area contributed by atoms with Crippen molar-refractivity contribution in [2.45, 2.75) is 50.0 Å². The SMILES string of the molecule is COc1ccc2c(c1)C(C)(C)[C@]13C[C@H](c4cc([N+](=O)[O-])ccc4O1)[C@H](NCc1ccccc1)N23. The van der Waals surface area contributed by atoms with Gasteiger partial charge in [0.25, 0.3) is 5.69 Å². The molecule has 1 saturated heterocycles. The number of nitro benzene ring substituents is 1. The molecule has 1 fully saturated rings. The lowest BCUT2D eigenvalue weighted by molar-refractivity contribution is -0.385. The van der Waals surface area contributed by atoms with Crippen LogP contribution in [0.3, 0.4) is 0 Å². The van der Waals surface area contributed by atoms with Crippen LogP contribution < -0.4 is 19.7 Å². The van der Waals surface area contributed by atoms with Gasteiger partial charge in [0.05, 0.1) is 23.6 Å². The molecule has 0 radical (unpaired) electrons. The van der Waals surface area contributed by atoms with Crippen LogP contribution in [0, 0.1) is 10.1 Å². The maximum atomic E-state index is 11.5. The second-order valence-electron chi connectivity index (χ2n) is 9.87. The average molecular weight is 458 g/mol. The van der Waals surface area contributed by atoms with Gasteiger partial charge in [0.2, 0.25) is 0 Å². The Morgan fingerprint density at radius 2 is 1.94 bits per heavy atom. The first kappa shape index (κ1) is 21.0. The first-order valence-electron chi connectivity index (χ1n) is 11.6. The van der Waals surface area contributed by atoms with E-state index in [1.54, 1.807) is 19.2 Å². The molecule has 0 aromatic heterocycles. The van der Waals surface area contributed by atoms with Crippen LogP contribution in [0.4, 0.5) is 11.4 Å². The molecule has 0 unspecified atom stereocenters. The van der Waals surface area contributed by atoms with Crippen molar-refractivity contribution in [2.24, 2.45) is 0 Å². The third kappa shape index (κ3) is 2.73. The van der Waals surface area contributed by atoms with Crippen LogP contribution in [0.15, 0.2) is 66.7 Å². The van der Waals surface area contributed by atoms with Crippen molar-refractivity contribution in [1.29, 1.82) is 0 Å². The second-order valence-corrected chi connectivity index (χ2v) is 9.87. The van der Waals surface area contributed by atoms with Crippen molar-refractivity contribution < 1.29 is 14.4 Å². The molecular weight excluding hydrogens is 430 g/mol. The van der Waals surface area contributed by atoms with Crippen molar-refractivity contribution >= 4 is 11.4 Å². The summed E-state index contributed by atoms with van der Waals surface area (Å²) in [6.45, 7) is 5.13. The maximum absolute atomic E-state index is 11.5. The molecule has 0 aliphatic carbocycles. The minimum Gasteiger partial charge on any atom is -0.497 e. The molecule has 3 aliphatic rings. The van der Waals surface area contributed by atoms with Crippen LogP contribution in [-0.4, -0.2) is 23.9 Å². The summed E-state index contributed by atoms with van der Waals surface area (Å²) >= 11 is 0. The largest absolute Gasteiger partial charge is 0.497 e. The number of benzene rings is 3. The molecule has 3 aliphatic heterocycles. The number of nitro groups is 1. The highest BCUT2D eigenvalue weighted by Crippen LogP contribution is 2.64. The van der Waals surface area contributed by atoms with Crippen LogP contribution in [-0.2, 0) is 12.0 Å². The summed E-state index contributed by atoms with van der Waals surface area (Å²) in [6, 6.07) is 21.5. The smallest absolute Gasteiger partial charge is 0.269 e. The predicted octanol–water partition coefficient (Wildman–Crippen LogP) is 5.09. The standard InChI is InChI=1S/C27H27N3O4/c1-26(2)22-14-19(33-3)10-11-23(22)29-25(28-16-17-7-5-4-6-8-17)21-15-27(26,29)34-24-12-9-18(30(31)32)13-20(21)24/h4-14,21,25,28H,15-16H2,1-3H3/t21-,25-,27+/m1/s1. The molecule has 0 saturated carbocycles. The van der Waals surface area contributed by atoms with Gasteiger partial charge in [0.15, 0.2) is 5.72 Å². The minimum absolute atomic E-state index is 0.0434. The summed E-state index contributed by atoms with van der Waals surface area (Å²) in [5.41, 5.74) is 3.53. The lowest BCUT2D eigenvalue weighted by atomic mass is 9.73. The molecule has 3 aromatic rings. The zero-order chi connectivity index (χ0) is 23.7. The number of fused-ring (bicyclic) bond motifs is 5. The molecule has 6 rings (SSSR count). The van der Waals surface area contributed by atoms with Gasteiger partial charge in [-0.1, -0.05) is 30.3 Å². The highest BCUT2D eigenvalue weighted by molar-refractivity contribution is 5.71. The molecule has 7 nitrogen and oxygen atoms in total. The molecule has 7 heteroatoms. The topological polar surface area (TPSA) is 76.9 Å². The number of methoxy groups -OCH3 is 1. The molecule has 3 heterocycles. The zero-order valence-electron chi connectivity index (χ0n) is 19.4. The van der Waals surface area contributed by atoms with Gasteiger partial charge in [-0.15, -0.1) is 0 Å². The molecule has 1 spiro atoms. The van der Waals surface area contributed by atoms with Crippen molar-refractivity contribution in [3.05, 3.63) is 93.5 Å². The van der Waals surface area contributed by atoms with Gasteiger partial charge in [-0.25, -0.2) is 0 Å². The Morgan fingerprint density at radius 3 is 2.68 bits per heavy atom. The minimum atomic E-state index is -0.607. The fourth-order valence-corrected chi connectivity index (χ4v) is 6.14. The van der Waals surface area contributed by atoms with E-state index in [0.717, 1.165) is 29.2 Å². The lowest BCUT2D eigenvalue weighted by Gasteiger charge is -2.45. The number of hydrogen-bond donors (Lipinski definition) is 1. The number of non-ortho nitro benzene ring substituents is 1. The van der Waals surface area contributed by atoms with Crippen molar-refractivity contribution in [3.63, 3.8) is 0 Å². The zero-order valence-corrected chi connectivity index (χ0v) is 19.4. The third-order valence-electron chi connectivity index (χ3n) is 7.90. The van der Waals surface area contributed by atoms with Crippen LogP contribution in [0.5, 0.6) is 11.5 Å². The molecule has 174 valence electrons. The Bertz CT molecular complexity index is 1290. The first-order valence-corrected chi connectivity index (χ1v) is 11.6. The Morgan fingerprint density at radius 1 is 1.15 bits per heavy atom. The molecule has 34 heavy (non-hydrogen) atoms. The Kier molecular flexibility index (Phi) is 4.45. The molecule has 3 atom stereocenters. The molecule has 1 N–H and O–H groups in total. The van der Waals surface area contributed by atoms with E-state index < -0.39 is 5.72 Å². The molecule has 3 aromatic carbocycles. The predicted molar refractivity (Wildman–Crippen MR) is 129 cm³/mol. The van der Waals surface area contributed by atoms with Gasteiger partial charge in [-0.2, -0.15) is 0 Å². The normalized spacial score (nSPS) is 25.2. The summed E-state index contributed by atoms with van der Waals surface area (Å²) in [4.78, 5) is 13.6. The summed E-state index contributed by atoms with van der Waals surface area (Å²) in [7, 11) is 1.68. The fraction of sp³-hybridized carbons (Fsp3) is 0.333. The van der Waals surface area contributed by atoms with Crippen LogP contribution in [0.2, 0.25) is 0 Å². The van der Waals surface area contributed by atoms with E-state index in [1.165, 1.54) is 17.2 Å². The van der Waals surface area contributed by atoms with Crippen LogP contribution in [0.25, 0.3) is 0 Å². The van der Waals surface area contributed by atoms with E-state index in [-0.39, 0.29) is 28.1 Å². The summed E-state index contributed by atoms with van der Waals surface area (Å²) in [5.74, 6) is 1.59. The van der Waals surface area contributed by atoms with Gasteiger partial charge >= 0.3 is 0 Å². The van der Waals surface area contributed by atoms with E-state index >= 15 is 0 Å². The van der Waals surface area contributed by atoms with Crippen molar-refractivity contribution in [2.75, 3.05) is 12.0 Å². The molecule has 2 bridgehead atoms. The van der Waals surface area contributed by atoms with Gasteiger partial charge in [0, 0.05) is 42.3 Å². The van der Waals surface area contributed by atoms with E-state index in [1.807, 2.05) is 24.3 Å². The van der Waals surface area contributed by atoms with E-state index in [9.17, 15) is 10.1 Å². The Hall–Kier alpha value is -3.58. The lowest BCUT2D eigenvalue weighted by Crippen LogP contribution is -2.59. The van der Waals surface area contributed by atoms with Crippen molar-refractivity contribution in [3.8, 4) is 11.5 Å². The highest BCUT2D eigenvalue weighted by Gasteiger charge is 2.69. The van der Waals surface area contributed by atoms with Crippen LogP contribution in [0.1, 0.15) is 42.9 Å². The van der Waals surface area contributed by atoms with Gasteiger partial charge in [0.1, 0.15) is 11.5 Å². The molecular formula is C27H27N3O4. The van der Waals surface area contributed by atoms with E-state index in [2.05, 4.69) is 48.3 Å². The number of nitrogens with one attached hydrogen (secondary N) is 1. The van der Waals surface area contributed by atoms with Crippen molar-refractivity contribution in [1.82, 2.24) is 5.32 Å². The number of anilines is 1. The second kappa shape index (κ2) is 7.21.